The van der Waals surface area contributed by atoms with E-state index in [1.807, 2.05) is 0 Å². The molecule has 0 aliphatic carbocycles. The van der Waals surface area contributed by atoms with E-state index in [9.17, 15) is 17.2 Å². The van der Waals surface area contributed by atoms with E-state index in [0.29, 0.717) is 12.6 Å². The molecule has 1 saturated heterocycles. The van der Waals surface area contributed by atoms with Gasteiger partial charge in [-0.15, -0.1) is 0 Å². The fourth-order valence-corrected chi connectivity index (χ4v) is 3.61. The van der Waals surface area contributed by atoms with Crippen molar-refractivity contribution in [2.75, 3.05) is 20.1 Å². The third kappa shape index (κ3) is 2.93. The summed E-state index contributed by atoms with van der Waals surface area (Å²) in [6.07, 6.45) is 1.60. The maximum atomic E-state index is 13.6. The maximum Gasteiger partial charge on any atom is 0.246 e. The molecule has 19 heavy (non-hydrogen) atoms. The van der Waals surface area contributed by atoms with Crippen LogP contribution in [0.2, 0.25) is 0 Å². The Morgan fingerprint density at radius 2 is 2.11 bits per heavy atom. The minimum atomic E-state index is -3.93. The van der Waals surface area contributed by atoms with Crippen LogP contribution in [0.1, 0.15) is 12.8 Å². The highest BCUT2D eigenvalue weighted by molar-refractivity contribution is 7.89. The molecule has 0 spiro atoms. The average molecular weight is 290 g/mol. The second kappa shape index (κ2) is 5.52. The third-order valence-corrected chi connectivity index (χ3v) is 5.28. The lowest BCUT2D eigenvalue weighted by Gasteiger charge is -2.30. The number of benzene rings is 1. The summed E-state index contributed by atoms with van der Waals surface area (Å²) in [6, 6.07) is 2.29. The van der Waals surface area contributed by atoms with Crippen LogP contribution in [-0.2, 0) is 10.0 Å². The molecule has 0 amide bonds. The Balaban J connectivity index is 2.30. The van der Waals surface area contributed by atoms with Crippen molar-refractivity contribution in [2.45, 2.75) is 23.8 Å². The van der Waals surface area contributed by atoms with Gasteiger partial charge in [-0.3, -0.25) is 0 Å². The zero-order chi connectivity index (χ0) is 14.0. The topological polar surface area (TPSA) is 49.4 Å². The van der Waals surface area contributed by atoms with Crippen molar-refractivity contribution in [3.8, 4) is 0 Å². The Labute approximate surface area is 111 Å². The van der Waals surface area contributed by atoms with Crippen LogP contribution in [-0.4, -0.2) is 38.9 Å². The van der Waals surface area contributed by atoms with Gasteiger partial charge in [0.2, 0.25) is 10.0 Å². The second-order valence-electron chi connectivity index (χ2n) is 4.60. The van der Waals surface area contributed by atoms with Crippen molar-refractivity contribution < 1.29 is 17.2 Å². The largest absolute Gasteiger partial charge is 0.315 e. The highest BCUT2D eigenvalue weighted by Crippen LogP contribution is 2.22. The Hall–Kier alpha value is -1.05. The molecule has 1 heterocycles. The zero-order valence-corrected chi connectivity index (χ0v) is 11.4. The molecule has 7 heteroatoms. The molecular weight excluding hydrogens is 274 g/mol. The molecule has 1 N–H and O–H groups in total. The summed E-state index contributed by atoms with van der Waals surface area (Å²) in [5.41, 5.74) is 0. The lowest BCUT2D eigenvalue weighted by atomic mass is 10.1. The first kappa shape index (κ1) is 14.4. The van der Waals surface area contributed by atoms with Crippen LogP contribution in [0, 0.1) is 11.6 Å². The number of nitrogens with one attached hydrogen (secondary N) is 1. The first-order valence-corrected chi connectivity index (χ1v) is 7.51. The van der Waals surface area contributed by atoms with Crippen LogP contribution >= 0.6 is 0 Å². The fraction of sp³-hybridized carbons (Fsp3) is 0.500. The van der Waals surface area contributed by atoms with Crippen LogP contribution in [0.25, 0.3) is 0 Å². The van der Waals surface area contributed by atoms with Crippen molar-refractivity contribution >= 4 is 10.0 Å². The second-order valence-corrected chi connectivity index (χ2v) is 6.56. The van der Waals surface area contributed by atoms with Crippen molar-refractivity contribution in [1.29, 1.82) is 0 Å². The quantitative estimate of drug-likeness (QED) is 0.914. The van der Waals surface area contributed by atoms with E-state index in [4.69, 9.17) is 0 Å². The number of halogens is 2. The molecule has 1 aromatic carbocycles. The summed E-state index contributed by atoms with van der Waals surface area (Å²) in [5.74, 6) is -1.85. The van der Waals surface area contributed by atoms with E-state index in [2.05, 4.69) is 5.32 Å². The lowest BCUT2D eigenvalue weighted by molar-refractivity contribution is 0.299. The van der Waals surface area contributed by atoms with Gasteiger partial charge in [0.25, 0.3) is 0 Å². The molecule has 1 fully saturated rings. The summed E-state index contributed by atoms with van der Waals surface area (Å²) in [5, 5.41) is 3.10. The monoisotopic (exact) mass is 290 g/mol. The molecule has 106 valence electrons. The number of nitrogens with zero attached hydrogens (tertiary/aromatic N) is 1. The Morgan fingerprint density at radius 1 is 1.37 bits per heavy atom. The molecule has 1 unspecified atom stereocenters. The van der Waals surface area contributed by atoms with Crippen LogP contribution in [0.4, 0.5) is 8.78 Å². The molecular formula is C12H16F2N2O2S. The summed E-state index contributed by atoms with van der Waals surface area (Å²) in [4.78, 5) is -0.484. The van der Waals surface area contributed by atoms with Gasteiger partial charge in [0.15, 0.2) is 0 Å². The summed E-state index contributed by atoms with van der Waals surface area (Å²) in [6.45, 7) is 1.40. The van der Waals surface area contributed by atoms with Crippen LogP contribution in [0.3, 0.4) is 0 Å². The van der Waals surface area contributed by atoms with Gasteiger partial charge in [0, 0.05) is 25.7 Å². The first-order chi connectivity index (χ1) is 8.93. The van der Waals surface area contributed by atoms with Crippen molar-refractivity contribution in [3.63, 3.8) is 0 Å². The normalized spacial score (nSPS) is 20.7. The van der Waals surface area contributed by atoms with Crippen LogP contribution in [0.15, 0.2) is 23.1 Å². The van der Waals surface area contributed by atoms with Crippen LogP contribution < -0.4 is 5.32 Å². The Bertz CT molecular complexity index is 557. The standard InChI is InChI=1S/C12H16F2N2O2S/c1-16(10-3-2-6-15-8-10)19(17,18)12-5-4-9(13)7-11(12)14/h4-5,7,10,15H,2-3,6,8H2,1H3. The maximum absolute atomic E-state index is 13.6. The van der Waals surface area contributed by atoms with Gasteiger partial charge in [-0.05, 0) is 31.5 Å². The molecule has 1 aromatic rings. The highest BCUT2D eigenvalue weighted by Gasteiger charge is 2.31. The van der Waals surface area contributed by atoms with Gasteiger partial charge in [-0.2, -0.15) is 4.31 Å². The minimum absolute atomic E-state index is 0.205. The molecule has 0 saturated carbocycles. The SMILES string of the molecule is CN(C1CCCNC1)S(=O)(=O)c1ccc(F)cc1F. The van der Waals surface area contributed by atoms with Gasteiger partial charge in [0.05, 0.1) is 0 Å². The number of sulfonamides is 1. The molecule has 1 atom stereocenters. The third-order valence-electron chi connectivity index (χ3n) is 3.34. The minimum Gasteiger partial charge on any atom is -0.315 e. The van der Waals surface area contributed by atoms with Crippen molar-refractivity contribution in [1.82, 2.24) is 9.62 Å². The number of piperidine rings is 1. The van der Waals surface area contributed by atoms with E-state index < -0.39 is 26.6 Å². The highest BCUT2D eigenvalue weighted by atomic mass is 32.2. The lowest BCUT2D eigenvalue weighted by Crippen LogP contribution is -2.46. The van der Waals surface area contributed by atoms with Gasteiger partial charge in [-0.1, -0.05) is 0 Å². The number of rotatable bonds is 3. The van der Waals surface area contributed by atoms with Gasteiger partial charge in [-0.25, -0.2) is 17.2 Å². The average Bonchev–Trinajstić information content (AvgIpc) is 2.38. The first-order valence-electron chi connectivity index (χ1n) is 6.07. The van der Waals surface area contributed by atoms with Gasteiger partial charge >= 0.3 is 0 Å². The molecule has 0 radical (unpaired) electrons. The van der Waals surface area contributed by atoms with E-state index in [0.717, 1.165) is 35.8 Å². The predicted octanol–water partition coefficient (Wildman–Crippen LogP) is 1.34. The van der Waals surface area contributed by atoms with E-state index >= 15 is 0 Å². The fourth-order valence-electron chi connectivity index (χ4n) is 2.18. The molecule has 2 rings (SSSR count). The van der Waals surface area contributed by atoms with E-state index in [1.54, 1.807) is 0 Å². The molecule has 4 nitrogen and oxygen atoms in total. The smallest absolute Gasteiger partial charge is 0.246 e. The molecule has 1 aliphatic rings. The number of likely N-dealkylation sites (N-methyl/N-ethyl adjacent to an activating group) is 1. The summed E-state index contributed by atoms with van der Waals surface area (Å²) in [7, 11) is -2.51. The van der Waals surface area contributed by atoms with Crippen molar-refractivity contribution in [2.24, 2.45) is 0 Å². The number of hydrogen-bond acceptors (Lipinski definition) is 3. The molecule has 0 aromatic heterocycles. The molecule has 0 bridgehead atoms. The van der Waals surface area contributed by atoms with E-state index in [1.165, 1.54) is 7.05 Å². The van der Waals surface area contributed by atoms with E-state index in [-0.39, 0.29) is 6.04 Å². The van der Waals surface area contributed by atoms with Crippen molar-refractivity contribution in [3.05, 3.63) is 29.8 Å². The Kier molecular flexibility index (Phi) is 4.17. The summed E-state index contributed by atoms with van der Waals surface area (Å²) < 4.78 is 52.2. The Morgan fingerprint density at radius 3 is 2.68 bits per heavy atom. The zero-order valence-electron chi connectivity index (χ0n) is 10.6. The summed E-state index contributed by atoms with van der Waals surface area (Å²) >= 11 is 0. The van der Waals surface area contributed by atoms with Crippen LogP contribution in [0.5, 0.6) is 0 Å². The number of hydrogen-bond donors (Lipinski definition) is 1. The van der Waals surface area contributed by atoms with Gasteiger partial charge < -0.3 is 5.32 Å². The van der Waals surface area contributed by atoms with Gasteiger partial charge in [0.1, 0.15) is 16.5 Å². The predicted molar refractivity (Wildman–Crippen MR) is 67.2 cm³/mol. The molecule has 1 aliphatic heterocycles.